The van der Waals surface area contributed by atoms with Gasteiger partial charge in [0.05, 0.1) is 9.79 Å². The van der Waals surface area contributed by atoms with Gasteiger partial charge in [0, 0.05) is 47.7 Å². The Balaban J connectivity index is 1.19. The van der Waals surface area contributed by atoms with Gasteiger partial charge in [-0.25, -0.2) is 36.8 Å². The molecule has 2 aromatic heterocycles. The molecule has 2 amide bonds. The first-order valence-corrected chi connectivity index (χ1v) is 17.2. The quantitative estimate of drug-likeness (QED) is 0.150. The Morgan fingerprint density at radius 3 is 1.24 bits per heavy atom. The molecule has 46 heavy (non-hydrogen) atoms. The van der Waals surface area contributed by atoms with Crippen LogP contribution >= 0.6 is 0 Å². The Kier molecular flexibility index (Phi) is 10.6. The van der Waals surface area contributed by atoms with Gasteiger partial charge in [0.15, 0.2) is 0 Å². The van der Waals surface area contributed by atoms with Crippen LogP contribution < -0.4 is 20.1 Å². The van der Waals surface area contributed by atoms with Crippen LogP contribution in [0.1, 0.15) is 48.7 Å². The van der Waals surface area contributed by atoms with E-state index in [0.29, 0.717) is 47.3 Å². The van der Waals surface area contributed by atoms with Crippen LogP contribution in [0.5, 0.6) is 0 Å². The third-order valence-electron chi connectivity index (χ3n) is 6.36. The summed E-state index contributed by atoms with van der Waals surface area (Å²) in [4.78, 5) is 41.2. The molecule has 16 heteroatoms. The van der Waals surface area contributed by atoms with E-state index in [2.05, 4.69) is 40.0 Å². The average Bonchev–Trinajstić information content (AvgIpc) is 2.94. The van der Waals surface area contributed by atoms with E-state index in [4.69, 9.17) is 0 Å². The molecule has 0 saturated heterocycles. The lowest BCUT2D eigenvalue weighted by atomic mass is 10.1. The van der Waals surface area contributed by atoms with Crippen LogP contribution in [0.25, 0.3) is 0 Å². The molecule has 4 N–H and O–H groups in total. The van der Waals surface area contributed by atoms with Gasteiger partial charge in [0.2, 0.25) is 11.8 Å². The van der Waals surface area contributed by atoms with Gasteiger partial charge in [0.25, 0.3) is 20.0 Å². The lowest BCUT2D eigenvalue weighted by Gasteiger charge is -2.10. The van der Waals surface area contributed by atoms with Gasteiger partial charge in [-0.1, -0.05) is 0 Å². The maximum absolute atomic E-state index is 12.7. The minimum Gasteiger partial charge on any atom is -0.326 e. The summed E-state index contributed by atoms with van der Waals surface area (Å²) in [5, 5.41) is 5.43. The van der Waals surface area contributed by atoms with Crippen LogP contribution in [-0.2, 0) is 29.6 Å². The zero-order valence-electron chi connectivity index (χ0n) is 25.7. The van der Waals surface area contributed by atoms with Crippen LogP contribution in [0.15, 0.2) is 70.5 Å². The molecule has 0 spiro atoms. The molecule has 4 aromatic rings. The summed E-state index contributed by atoms with van der Waals surface area (Å²) in [6.07, 6.45) is 1.20. The van der Waals surface area contributed by atoms with Crippen molar-refractivity contribution in [1.29, 1.82) is 0 Å². The molecule has 242 valence electrons. The largest absolute Gasteiger partial charge is 0.326 e. The minimum atomic E-state index is -3.89. The van der Waals surface area contributed by atoms with Crippen LogP contribution in [0.3, 0.4) is 0 Å². The van der Waals surface area contributed by atoms with Crippen molar-refractivity contribution in [3.8, 4) is 0 Å². The van der Waals surface area contributed by atoms with E-state index >= 15 is 0 Å². The average molecular weight is 667 g/mol. The topological polar surface area (TPSA) is 202 Å². The molecule has 0 unspecified atom stereocenters. The van der Waals surface area contributed by atoms with E-state index in [-0.39, 0.29) is 46.1 Å². The molecule has 0 bridgehead atoms. The predicted octanol–water partition coefficient (Wildman–Crippen LogP) is 4.24. The molecule has 2 heterocycles. The van der Waals surface area contributed by atoms with Gasteiger partial charge in [-0.2, -0.15) is 0 Å². The molecule has 14 nitrogen and oxygen atoms in total. The van der Waals surface area contributed by atoms with E-state index in [1.165, 1.54) is 60.7 Å². The number of amides is 2. The molecule has 0 fully saturated rings. The number of carbonyl (C=O) groups is 2. The second-order valence-electron chi connectivity index (χ2n) is 10.4. The Morgan fingerprint density at radius 1 is 0.565 bits per heavy atom. The molecule has 0 saturated carbocycles. The molecular weight excluding hydrogens is 633 g/mol. The fourth-order valence-corrected chi connectivity index (χ4v) is 6.37. The molecule has 0 radical (unpaired) electrons. The highest BCUT2D eigenvalue weighted by atomic mass is 32.2. The number of carbonyl (C=O) groups excluding carboxylic acids is 2. The zero-order valence-corrected chi connectivity index (χ0v) is 27.3. The van der Waals surface area contributed by atoms with Crippen LogP contribution in [0.4, 0.5) is 23.0 Å². The maximum Gasteiger partial charge on any atom is 0.263 e. The number of benzene rings is 2. The number of nitrogens with one attached hydrogen (secondary N) is 4. The van der Waals surface area contributed by atoms with Gasteiger partial charge in [-0.15, -0.1) is 0 Å². The van der Waals surface area contributed by atoms with Crippen molar-refractivity contribution in [2.75, 3.05) is 20.1 Å². The summed E-state index contributed by atoms with van der Waals surface area (Å²) in [5.74, 6) is 0.653. The second kappa shape index (κ2) is 14.4. The second-order valence-corrected chi connectivity index (χ2v) is 13.8. The smallest absolute Gasteiger partial charge is 0.263 e. The summed E-state index contributed by atoms with van der Waals surface area (Å²) in [6, 6.07) is 14.5. The lowest BCUT2D eigenvalue weighted by Crippen LogP contribution is -2.16. The lowest BCUT2D eigenvalue weighted by molar-refractivity contribution is -0.118. The maximum atomic E-state index is 12.7. The molecule has 0 atom stereocenters. The fourth-order valence-electron chi connectivity index (χ4n) is 4.38. The first kappa shape index (κ1) is 33.9. The first-order chi connectivity index (χ1) is 21.7. The standard InChI is InChI=1S/C30H34N8O6S2/c1-19-17-27(33-21(3)31-19)37-45(41,42)25-13-9-23(10-14-25)35-29(39)7-5-6-8-30(40)36-24-11-15-26(16-12-24)46(43,44)38-28-18-20(2)32-22(4)34-28/h9-18H,5-8H2,1-4H3,(H,35,39)(H,36,40)(H,31,33,37)(H,32,34,38). The Bertz CT molecular complexity index is 1770. The van der Waals surface area contributed by atoms with Crippen LogP contribution in [0.2, 0.25) is 0 Å². The van der Waals surface area contributed by atoms with E-state index in [1.807, 2.05) is 0 Å². The van der Waals surface area contributed by atoms with Crippen molar-refractivity contribution < 1.29 is 26.4 Å². The van der Waals surface area contributed by atoms with Crippen molar-refractivity contribution in [2.45, 2.75) is 63.2 Å². The highest BCUT2D eigenvalue weighted by molar-refractivity contribution is 7.93. The number of hydrogen-bond donors (Lipinski definition) is 4. The number of unbranched alkanes of at least 4 members (excludes halogenated alkanes) is 1. The molecule has 2 aromatic carbocycles. The van der Waals surface area contributed by atoms with Crippen molar-refractivity contribution >= 4 is 54.9 Å². The Hall–Kier alpha value is -4.96. The van der Waals surface area contributed by atoms with Gasteiger partial charge in [0.1, 0.15) is 23.3 Å². The van der Waals surface area contributed by atoms with E-state index in [9.17, 15) is 26.4 Å². The Labute approximate surface area is 267 Å². The molecular formula is C30H34N8O6S2. The van der Waals surface area contributed by atoms with E-state index < -0.39 is 20.0 Å². The number of aromatic nitrogens is 4. The van der Waals surface area contributed by atoms with E-state index in [0.717, 1.165) is 0 Å². The van der Waals surface area contributed by atoms with E-state index in [1.54, 1.807) is 27.7 Å². The summed E-state index contributed by atoms with van der Waals surface area (Å²) in [5.41, 5.74) is 2.11. The number of hydrogen-bond acceptors (Lipinski definition) is 10. The normalized spacial score (nSPS) is 11.5. The third-order valence-corrected chi connectivity index (χ3v) is 9.11. The zero-order chi connectivity index (χ0) is 33.5. The highest BCUT2D eigenvalue weighted by Crippen LogP contribution is 2.20. The monoisotopic (exact) mass is 666 g/mol. The molecule has 4 rings (SSSR count). The Morgan fingerprint density at radius 2 is 0.913 bits per heavy atom. The number of anilines is 4. The van der Waals surface area contributed by atoms with Gasteiger partial charge in [-0.05, 0) is 89.1 Å². The summed E-state index contributed by atoms with van der Waals surface area (Å²) in [6.45, 7) is 6.80. The number of nitrogens with zero attached hydrogens (tertiary/aromatic N) is 4. The van der Waals surface area contributed by atoms with Gasteiger partial charge < -0.3 is 10.6 Å². The summed E-state index contributed by atoms with van der Waals surface area (Å²) in [7, 11) is -7.78. The van der Waals surface area contributed by atoms with Crippen LogP contribution in [-0.4, -0.2) is 48.6 Å². The fraction of sp³-hybridized carbons (Fsp3) is 0.267. The highest BCUT2D eigenvalue weighted by Gasteiger charge is 2.17. The predicted molar refractivity (Wildman–Crippen MR) is 173 cm³/mol. The molecule has 0 aliphatic heterocycles. The van der Waals surface area contributed by atoms with Crippen molar-refractivity contribution in [3.05, 3.63) is 83.7 Å². The summed E-state index contributed by atoms with van der Waals surface area (Å²) >= 11 is 0. The first-order valence-electron chi connectivity index (χ1n) is 14.2. The third kappa shape index (κ3) is 9.77. The van der Waals surface area contributed by atoms with Crippen LogP contribution in [0, 0.1) is 27.7 Å². The SMILES string of the molecule is Cc1cc(NS(=O)(=O)c2ccc(NC(=O)CCCCC(=O)Nc3ccc(S(=O)(=O)Nc4cc(C)nc(C)n4)cc3)cc2)nc(C)n1. The van der Waals surface area contributed by atoms with Gasteiger partial charge in [-0.3, -0.25) is 19.0 Å². The number of aryl methyl sites for hydroxylation is 4. The van der Waals surface area contributed by atoms with Gasteiger partial charge >= 0.3 is 0 Å². The van der Waals surface area contributed by atoms with Crippen molar-refractivity contribution in [3.63, 3.8) is 0 Å². The van der Waals surface area contributed by atoms with Crippen molar-refractivity contribution in [1.82, 2.24) is 19.9 Å². The number of rotatable bonds is 13. The summed E-state index contributed by atoms with van der Waals surface area (Å²) < 4.78 is 55.7. The molecule has 0 aliphatic rings. The number of sulfonamides is 2. The molecule has 0 aliphatic carbocycles. The minimum absolute atomic E-state index is 0.00533. The van der Waals surface area contributed by atoms with Crippen molar-refractivity contribution in [2.24, 2.45) is 0 Å².